The van der Waals surface area contributed by atoms with Gasteiger partial charge in [0, 0.05) is 25.3 Å². The lowest BCUT2D eigenvalue weighted by molar-refractivity contribution is -0.0450. The van der Waals surface area contributed by atoms with Crippen molar-refractivity contribution in [3.8, 4) is 11.5 Å². The summed E-state index contributed by atoms with van der Waals surface area (Å²) >= 11 is 0. The highest BCUT2D eigenvalue weighted by Gasteiger charge is 2.27. The van der Waals surface area contributed by atoms with E-state index in [1.54, 1.807) is 12.3 Å². The highest BCUT2D eigenvalue weighted by molar-refractivity contribution is 5.53. The Balaban J connectivity index is 1.77. The molecular weight excluding hydrogens is 270 g/mol. The Morgan fingerprint density at radius 3 is 2.95 bits per heavy atom. The van der Waals surface area contributed by atoms with E-state index in [1.807, 2.05) is 6.07 Å². The lowest BCUT2D eigenvalue weighted by Crippen LogP contribution is -2.42. The number of nitrogens with two attached hydrogens (primary N) is 1. The fourth-order valence-corrected chi connectivity index (χ4v) is 2.31. The maximum atomic E-state index is 5.75. The minimum absolute atomic E-state index is 0.152. The first-order chi connectivity index (χ1) is 10.1. The van der Waals surface area contributed by atoms with Crippen molar-refractivity contribution >= 4 is 5.82 Å². The second-order valence-corrected chi connectivity index (χ2v) is 5.38. The SMILES string of the molecule is CC(C)N1CCOC(c2noc(-c3ccc(N)nc3)n2)C1. The van der Waals surface area contributed by atoms with E-state index in [1.165, 1.54) is 0 Å². The predicted octanol–water partition coefficient (Wildman–Crippen LogP) is 1.50. The van der Waals surface area contributed by atoms with Gasteiger partial charge in [0.25, 0.3) is 5.89 Å². The van der Waals surface area contributed by atoms with Crippen LogP contribution in [0, 0.1) is 0 Å². The summed E-state index contributed by atoms with van der Waals surface area (Å²) in [5.74, 6) is 1.47. The zero-order chi connectivity index (χ0) is 14.8. The third-order valence-electron chi connectivity index (χ3n) is 3.59. The number of rotatable bonds is 3. The van der Waals surface area contributed by atoms with Gasteiger partial charge in [-0.1, -0.05) is 5.16 Å². The number of hydrogen-bond acceptors (Lipinski definition) is 7. The molecule has 0 aromatic carbocycles. The lowest BCUT2D eigenvalue weighted by Gasteiger charge is -2.34. The Bertz CT molecular complexity index is 596. The first kappa shape index (κ1) is 14.0. The molecule has 1 saturated heterocycles. The van der Waals surface area contributed by atoms with Crippen LogP contribution in [-0.4, -0.2) is 45.8 Å². The summed E-state index contributed by atoms with van der Waals surface area (Å²) in [5, 5.41) is 4.04. The van der Waals surface area contributed by atoms with Crippen molar-refractivity contribution < 1.29 is 9.26 Å². The molecule has 3 rings (SSSR count). The average molecular weight is 289 g/mol. The van der Waals surface area contributed by atoms with E-state index in [0.717, 1.165) is 18.7 Å². The fourth-order valence-electron chi connectivity index (χ4n) is 2.31. The first-order valence-electron chi connectivity index (χ1n) is 7.04. The summed E-state index contributed by atoms with van der Waals surface area (Å²) < 4.78 is 11.0. The molecule has 2 aromatic rings. The van der Waals surface area contributed by atoms with E-state index < -0.39 is 0 Å². The zero-order valence-electron chi connectivity index (χ0n) is 12.2. The quantitative estimate of drug-likeness (QED) is 0.915. The van der Waals surface area contributed by atoms with Crippen LogP contribution in [0.5, 0.6) is 0 Å². The molecule has 0 bridgehead atoms. The summed E-state index contributed by atoms with van der Waals surface area (Å²) in [4.78, 5) is 10.8. The molecule has 1 aliphatic heterocycles. The van der Waals surface area contributed by atoms with E-state index in [9.17, 15) is 0 Å². The summed E-state index contributed by atoms with van der Waals surface area (Å²) in [6, 6.07) is 3.99. The van der Waals surface area contributed by atoms with Crippen LogP contribution in [-0.2, 0) is 4.74 Å². The normalized spacial score (nSPS) is 20.0. The molecule has 2 aromatic heterocycles. The Kier molecular flexibility index (Phi) is 3.85. The van der Waals surface area contributed by atoms with Crippen LogP contribution in [0.2, 0.25) is 0 Å². The van der Waals surface area contributed by atoms with Gasteiger partial charge in [-0.25, -0.2) is 4.98 Å². The van der Waals surface area contributed by atoms with Gasteiger partial charge in [0.1, 0.15) is 11.9 Å². The molecule has 112 valence electrons. The van der Waals surface area contributed by atoms with E-state index in [4.69, 9.17) is 15.0 Å². The van der Waals surface area contributed by atoms with Crippen LogP contribution in [0.15, 0.2) is 22.9 Å². The summed E-state index contributed by atoms with van der Waals surface area (Å²) in [7, 11) is 0. The second kappa shape index (κ2) is 5.79. The molecule has 0 amide bonds. The molecule has 0 spiro atoms. The van der Waals surface area contributed by atoms with E-state index >= 15 is 0 Å². The summed E-state index contributed by atoms with van der Waals surface area (Å²) in [5.41, 5.74) is 6.32. The predicted molar refractivity (Wildman–Crippen MR) is 77.3 cm³/mol. The Morgan fingerprint density at radius 2 is 2.24 bits per heavy atom. The van der Waals surface area contributed by atoms with Gasteiger partial charge >= 0.3 is 0 Å². The van der Waals surface area contributed by atoms with Crippen molar-refractivity contribution in [1.29, 1.82) is 0 Å². The van der Waals surface area contributed by atoms with Crippen molar-refractivity contribution in [3.05, 3.63) is 24.2 Å². The van der Waals surface area contributed by atoms with Crippen molar-refractivity contribution in [2.24, 2.45) is 0 Å². The molecule has 1 fully saturated rings. The van der Waals surface area contributed by atoms with Crippen molar-refractivity contribution in [1.82, 2.24) is 20.0 Å². The van der Waals surface area contributed by atoms with Crippen LogP contribution in [0.3, 0.4) is 0 Å². The number of nitrogen functional groups attached to an aromatic ring is 1. The van der Waals surface area contributed by atoms with Gasteiger partial charge in [0.2, 0.25) is 5.82 Å². The molecule has 7 heteroatoms. The topological polar surface area (TPSA) is 90.3 Å². The van der Waals surface area contributed by atoms with Gasteiger partial charge < -0.3 is 15.0 Å². The van der Waals surface area contributed by atoms with Crippen LogP contribution < -0.4 is 5.73 Å². The van der Waals surface area contributed by atoms with Gasteiger partial charge in [-0.3, -0.25) is 4.90 Å². The van der Waals surface area contributed by atoms with Crippen LogP contribution >= 0.6 is 0 Å². The fraction of sp³-hybridized carbons (Fsp3) is 0.500. The standard InChI is InChI=1S/C14H19N5O2/c1-9(2)19-5-6-20-11(8-19)13-17-14(21-18-13)10-3-4-12(15)16-7-10/h3-4,7,9,11H,5-6,8H2,1-2H3,(H2,15,16). The first-order valence-corrected chi connectivity index (χ1v) is 7.04. The molecule has 1 unspecified atom stereocenters. The monoisotopic (exact) mass is 289 g/mol. The van der Waals surface area contributed by atoms with Crippen molar-refractivity contribution in [2.75, 3.05) is 25.4 Å². The number of morpholine rings is 1. The second-order valence-electron chi connectivity index (χ2n) is 5.38. The van der Waals surface area contributed by atoms with Gasteiger partial charge in [-0.05, 0) is 26.0 Å². The molecule has 0 radical (unpaired) electrons. The van der Waals surface area contributed by atoms with Crippen molar-refractivity contribution in [3.63, 3.8) is 0 Å². The van der Waals surface area contributed by atoms with Gasteiger partial charge in [-0.2, -0.15) is 4.98 Å². The molecule has 0 aliphatic carbocycles. The number of anilines is 1. The lowest BCUT2D eigenvalue weighted by atomic mass is 10.2. The minimum Gasteiger partial charge on any atom is -0.384 e. The Labute approximate surface area is 123 Å². The van der Waals surface area contributed by atoms with Crippen LogP contribution in [0.25, 0.3) is 11.5 Å². The molecule has 3 heterocycles. The Morgan fingerprint density at radius 1 is 1.38 bits per heavy atom. The molecule has 1 atom stereocenters. The zero-order valence-corrected chi connectivity index (χ0v) is 12.2. The summed E-state index contributed by atoms with van der Waals surface area (Å²) in [6.45, 7) is 6.72. The highest BCUT2D eigenvalue weighted by Crippen LogP contribution is 2.24. The molecule has 2 N–H and O–H groups in total. The molecule has 1 aliphatic rings. The molecular formula is C14H19N5O2. The summed E-state index contributed by atoms with van der Waals surface area (Å²) in [6.07, 6.45) is 1.47. The van der Waals surface area contributed by atoms with E-state index in [-0.39, 0.29) is 6.10 Å². The van der Waals surface area contributed by atoms with Gasteiger partial charge in [-0.15, -0.1) is 0 Å². The van der Waals surface area contributed by atoms with Crippen LogP contribution in [0.1, 0.15) is 25.8 Å². The van der Waals surface area contributed by atoms with Crippen molar-refractivity contribution in [2.45, 2.75) is 26.0 Å². The van der Waals surface area contributed by atoms with E-state index in [0.29, 0.717) is 30.2 Å². The van der Waals surface area contributed by atoms with Crippen LogP contribution in [0.4, 0.5) is 5.82 Å². The van der Waals surface area contributed by atoms with E-state index in [2.05, 4.69) is 33.9 Å². The third kappa shape index (κ3) is 3.03. The maximum absolute atomic E-state index is 5.75. The highest BCUT2D eigenvalue weighted by atomic mass is 16.5. The van der Waals surface area contributed by atoms with Gasteiger partial charge in [0.05, 0.1) is 12.2 Å². The number of nitrogens with zero attached hydrogens (tertiary/aromatic N) is 4. The molecule has 21 heavy (non-hydrogen) atoms. The number of pyridine rings is 1. The van der Waals surface area contributed by atoms with Gasteiger partial charge in [0.15, 0.2) is 0 Å². The number of hydrogen-bond donors (Lipinski definition) is 1. The smallest absolute Gasteiger partial charge is 0.259 e. The molecule has 0 saturated carbocycles. The number of ether oxygens (including phenoxy) is 1. The molecule has 7 nitrogen and oxygen atoms in total. The maximum Gasteiger partial charge on any atom is 0.259 e. The minimum atomic E-state index is -0.152. The number of aromatic nitrogens is 3. The third-order valence-corrected chi connectivity index (χ3v) is 3.59. The Hall–Kier alpha value is -1.99. The largest absolute Gasteiger partial charge is 0.384 e. The average Bonchev–Trinajstić information content (AvgIpc) is 2.98.